The molecule has 0 spiro atoms. The number of sulfonamides is 1. The molecule has 2 aromatic carbocycles. The summed E-state index contributed by atoms with van der Waals surface area (Å²) in [5, 5.41) is 4.42. The number of ether oxygens (including phenoxy) is 1. The van der Waals surface area contributed by atoms with Crippen LogP contribution in [0.15, 0.2) is 45.8 Å². The molecule has 1 aliphatic heterocycles. The first-order valence-corrected chi connectivity index (χ1v) is 10.6. The van der Waals surface area contributed by atoms with Gasteiger partial charge in [0.15, 0.2) is 5.76 Å². The lowest BCUT2D eigenvalue weighted by molar-refractivity contribution is 0.316. The lowest BCUT2D eigenvalue weighted by atomic mass is 10.1. The Kier molecular flexibility index (Phi) is 4.59. The van der Waals surface area contributed by atoms with E-state index in [2.05, 4.69) is 5.16 Å². The van der Waals surface area contributed by atoms with E-state index in [0.29, 0.717) is 33.3 Å². The monoisotopic (exact) mass is 418 g/mol. The first kappa shape index (κ1) is 18.8. The predicted molar refractivity (Wildman–Crippen MR) is 108 cm³/mol. The highest BCUT2D eigenvalue weighted by atomic mass is 35.5. The molecule has 6 nitrogen and oxygen atoms in total. The molecular formula is C20H19ClN2O4S. The van der Waals surface area contributed by atoms with Crippen LogP contribution in [0.2, 0.25) is 5.02 Å². The van der Waals surface area contributed by atoms with Crippen molar-refractivity contribution in [1.29, 1.82) is 0 Å². The summed E-state index contributed by atoms with van der Waals surface area (Å²) < 4.78 is 39.4. The van der Waals surface area contributed by atoms with E-state index in [0.717, 1.165) is 11.3 Å². The van der Waals surface area contributed by atoms with Gasteiger partial charge < -0.3 is 9.26 Å². The number of aryl methyl sites for hydroxylation is 2. The normalized spacial score (nSPS) is 13.9. The van der Waals surface area contributed by atoms with E-state index in [1.807, 2.05) is 19.9 Å². The highest BCUT2D eigenvalue weighted by Gasteiger charge is 2.32. The van der Waals surface area contributed by atoms with Crippen LogP contribution in [-0.4, -0.2) is 26.7 Å². The number of nitrogens with zero attached hydrogens (tertiary/aromatic N) is 2. The first-order chi connectivity index (χ1) is 13.3. The average molecular weight is 419 g/mol. The van der Waals surface area contributed by atoms with Gasteiger partial charge >= 0.3 is 0 Å². The summed E-state index contributed by atoms with van der Waals surface area (Å²) in [7, 11) is -3.83. The average Bonchev–Trinajstić information content (AvgIpc) is 3.00. The number of halogens is 1. The number of fused-ring (bicyclic) bond motifs is 1. The number of aromatic nitrogens is 1. The van der Waals surface area contributed by atoms with Crippen LogP contribution >= 0.6 is 11.6 Å². The van der Waals surface area contributed by atoms with Gasteiger partial charge in [-0.25, -0.2) is 8.42 Å². The zero-order chi connectivity index (χ0) is 20.1. The Morgan fingerprint density at radius 2 is 1.89 bits per heavy atom. The minimum absolute atomic E-state index is 0.208. The maximum Gasteiger partial charge on any atom is 0.264 e. The van der Waals surface area contributed by atoms with Gasteiger partial charge in [0.1, 0.15) is 12.4 Å². The van der Waals surface area contributed by atoms with Crippen LogP contribution < -0.4 is 9.04 Å². The molecule has 0 bridgehead atoms. The second kappa shape index (κ2) is 6.83. The maximum absolute atomic E-state index is 13.5. The Hall–Kier alpha value is -2.51. The summed E-state index contributed by atoms with van der Waals surface area (Å²) in [4.78, 5) is 0.214. The van der Waals surface area contributed by atoms with Crippen LogP contribution in [0.5, 0.6) is 5.75 Å². The number of anilines is 1. The molecule has 0 radical (unpaired) electrons. The quantitative estimate of drug-likeness (QED) is 0.625. The van der Waals surface area contributed by atoms with Crippen molar-refractivity contribution >= 4 is 27.3 Å². The maximum atomic E-state index is 13.5. The molecule has 28 heavy (non-hydrogen) atoms. The third-order valence-corrected chi connectivity index (χ3v) is 7.11. The van der Waals surface area contributed by atoms with Crippen LogP contribution in [0, 0.1) is 20.8 Å². The molecule has 3 aromatic rings. The Balaban J connectivity index is 1.84. The minimum Gasteiger partial charge on any atom is -0.489 e. The lowest BCUT2D eigenvalue weighted by Crippen LogP contribution is -2.38. The summed E-state index contributed by atoms with van der Waals surface area (Å²) >= 11 is 6.10. The largest absolute Gasteiger partial charge is 0.489 e. The molecule has 0 unspecified atom stereocenters. The molecule has 8 heteroatoms. The van der Waals surface area contributed by atoms with Gasteiger partial charge in [0.05, 0.1) is 22.8 Å². The number of rotatable bonds is 3. The lowest BCUT2D eigenvalue weighted by Gasteiger charge is -2.31. The third-order valence-electron chi connectivity index (χ3n) is 4.92. The Labute approximate surface area is 168 Å². The fourth-order valence-corrected chi connectivity index (χ4v) is 5.11. The van der Waals surface area contributed by atoms with Crippen molar-refractivity contribution in [2.75, 3.05) is 17.5 Å². The molecule has 1 aliphatic rings. The summed E-state index contributed by atoms with van der Waals surface area (Å²) in [6.45, 7) is 6.00. The smallest absolute Gasteiger partial charge is 0.264 e. The highest BCUT2D eigenvalue weighted by Crippen LogP contribution is 2.38. The molecule has 0 saturated carbocycles. The topological polar surface area (TPSA) is 72.6 Å². The Bertz CT molecular complexity index is 1170. The summed E-state index contributed by atoms with van der Waals surface area (Å²) in [6, 6.07) is 10.2. The van der Waals surface area contributed by atoms with E-state index in [-0.39, 0.29) is 18.0 Å². The zero-order valence-corrected chi connectivity index (χ0v) is 17.3. The van der Waals surface area contributed by atoms with Gasteiger partial charge in [0.25, 0.3) is 10.0 Å². The number of hydrogen-bond acceptors (Lipinski definition) is 5. The van der Waals surface area contributed by atoms with E-state index in [1.54, 1.807) is 37.3 Å². The van der Waals surface area contributed by atoms with E-state index < -0.39 is 10.0 Å². The molecule has 4 rings (SSSR count). The Morgan fingerprint density at radius 1 is 1.11 bits per heavy atom. The van der Waals surface area contributed by atoms with Gasteiger partial charge in [-0.1, -0.05) is 28.9 Å². The molecule has 2 heterocycles. The molecule has 0 N–H and O–H groups in total. The van der Waals surface area contributed by atoms with E-state index >= 15 is 0 Å². The molecule has 0 saturated heterocycles. The van der Waals surface area contributed by atoms with Crippen LogP contribution in [0.4, 0.5) is 5.69 Å². The summed E-state index contributed by atoms with van der Waals surface area (Å²) in [5.74, 6) is 1.06. The first-order valence-electron chi connectivity index (χ1n) is 8.78. The third kappa shape index (κ3) is 3.04. The predicted octanol–water partition coefficient (Wildman–Crippen LogP) is 4.51. The second-order valence-corrected chi connectivity index (χ2v) is 9.01. The van der Waals surface area contributed by atoms with Crippen molar-refractivity contribution in [1.82, 2.24) is 5.16 Å². The molecule has 0 aliphatic carbocycles. The van der Waals surface area contributed by atoms with Gasteiger partial charge in [-0.15, -0.1) is 0 Å². The standard InChI is InChI=1S/C20H19ClN2O4S/c1-12-4-5-15(20-13(2)14(3)22-27-20)10-19(12)28(24,25)23-8-9-26-18-7-6-16(21)11-17(18)23/h4-7,10-11H,8-9H2,1-3H3. The van der Waals surface area contributed by atoms with Crippen molar-refractivity contribution in [3.8, 4) is 17.1 Å². The van der Waals surface area contributed by atoms with Crippen molar-refractivity contribution in [2.24, 2.45) is 0 Å². The number of benzene rings is 2. The van der Waals surface area contributed by atoms with Crippen LogP contribution in [0.1, 0.15) is 16.8 Å². The van der Waals surface area contributed by atoms with Crippen molar-refractivity contribution < 1.29 is 17.7 Å². The van der Waals surface area contributed by atoms with Gasteiger partial charge in [-0.05, 0) is 50.6 Å². The van der Waals surface area contributed by atoms with Crippen molar-refractivity contribution in [3.63, 3.8) is 0 Å². The van der Waals surface area contributed by atoms with Gasteiger partial charge in [0.2, 0.25) is 0 Å². The molecule has 146 valence electrons. The van der Waals surface area contributed by atoms with E-state index in [9.17, 15) is 8.42 Å². The van der Waals surface area contributed by atoms with Crippen molar-refractivity contribution in [2.45, 2.75) is 25.7 Å². The molecule has 0 amide bonds. The van der Waals surface area contributed by atoms with E-state index in [1.165, 1.54) is 4.31 Å². The summed E-state index contributed by atoms with van der Waals surface area (Å²) in [5.41, 5.74) is 3.41. The summed E-state index contributed by atoms with van der Waals surface area (Å²) in [6.07, 6.45) is 0. The second-order valence-electron chi connectivity index (χ2n) is 6.74. The van der Waals surface area contributed by atoms with Crippen LogP contribution in [-0.2, 0) is 10.0 Å². The fraction of sp³-hybridized carbons (Fsp3) is 0.250. The van der Waals surface area contributed by atoms with Gasteiger partial charge in [-0.3, -0.25) is 4.31 Å². The fourth-order valence-electron chi connectivity index (χ4n) is 3.24. The SMILES string of the molecule is Cc1ccc(-c2onc(C)c2C)cc1S(=O)(=O)N1CCOc2ccc(Cl)cc21. The molecule has 0 atom stereocenters. The highest BCUT2D eigenvalue weighted by molar-refractivity contribution is 7.93. The van der Waals surface area contributed by atoms with E-state index in [4.69, 9.17) is 20.9 Å². The minimum atomic E-state index is -3.83. The zero-order valence-electron chi connectivity index (χ0n) is 15.7. The Morgan fingerprint density at radius 3 is 2.61 bits per heavy atom. The van der Waals surface area contributed by atoms with Crippen LogP contribution in [0.3, 0.4) is 0 Å². The molecule has 0 fully saturated rings. The van der Waals surface area contributed by atoms with Gasteiger partial charge in [0, 0.05) is 16.1 Å². The van der Waals surface area contributed by atoms with Crippen molar-refractivity contribution in [3.05, 3.63) is 58.2 Å². The molecular weight excluding hydrogens is 400 g/mol. The molecule has 1 aromatic heterocycles. The van der Waals surface area contributed by atoms with Crippen LogP contribution in [0.25, 0.3) is 11.3 Å². The number of hydrogen-bond donors (Lipinski definition) is 0. The van der Waals surface area contributed by atoms with Gasteiger partial charge in [-0.2, -0.15) is 0 Å².